The second-order valence-electron chi connectivity index (χ2n) is 2.60. The lowest BCUT2D eigenvalue weighted by molar-refractivity contribution is 0.112. The molecular weight excluding hydrogens is 226 g/mol. The van der Waals surface area contributed by atoms with Gasteiger partial charge in [-0.05, 0) is 6.07 Å². The molecule has 0 saturated carbocycles. The van der Waals surface area contributed by atoms with Gasteiger partial charge < -0.3 is 4.42 Å². The van der Waals surface area contributed by atoms with Crippen LogP contribution in [-0.4, -0.2) is 16.5 Å². The van der Waals surface area contributed by atoms with E-state index in [9.17, 15) is 13.6 Å². The highest BCUT2D eigenvalue weighted by Crippen LogP contribution is 2.26. The molecule has 0 atom stereocenters. The summed E-state index contributed by atoms with van der Waals surface area (Å²) in [6, 6.07) is 1.50. The van der Waals surface area contributed by atoms with Gasteiger partial charge in [0, 0.05) is 5.38 Å². The number of hydrogen-bond acceptors (Lipinski definition) is 5. The molecule has 0 amide bonds. The summed E-state index contributed by atoms with van der Waals surface area (Å²) in [4.78, 5) is 10.9. The largest absolute Gasteiger partial charge is 0.415 e. The Morgan fingerprint density at radius 3 is 2.80 bits per heavy atom. The average Bonchev–Trinajstić information content (AvgIpc) is 2.86. The first-order valence-corrected chi connectivity index (χ1v) is 4.74. The number of nitrogens with zero attached hydrogens (tertiary/aromatic N) is 2. The van der Waals surface area contributed by atoms with Gasteiger partial charge in [-0.2, -0.15) is 8.78 Å². The predicted molar refractivity (Wildman–Crippen MR) is 48.0 cm³/mol. The van der Waals surface area contributed by atoms with Gasteiger partial charge in [-0.25, -0.2) is 0 Å². The van der Waals surface area contributed by atoms with Gasteiger partial charge >= 0.3 is 6.43 Å². The minimum Gasteiger partial charge on any atom is -0.415 e. The highest BCUT2D eigenvalue weighted by atomic mass is 32.1. The molecule has 0 N–H and O–H groups in total. The third-order valence-corrected chi connectivity index (χ3v) is 2.47. The van der Waals surface area contributed by atoms with Crippen molar-refractivity contribution in [1.82, 2.24) is 10.2 Å². The molecule has 78 valence electrons. The number of alkyl halides is 2. The van der Waals surface area contributed by atoms with Gasteiger partial charge in [0.25, 0.3) is 5.89 Å². The average molecular weight is 230 g/mol. The van der Waals surface area contributed by atoms with Gasteiger partial charge in [0.1, 0.15) is 0 Å². The SMILES string of the molecule is O=Cc1cc(-c2nnc(C(F)F)o2)cs1. The maximum Gasteiger partial charge on any atom is 0.314 e. The van der Waals surface area contributed by atoms with Crippen molar-refractivity contribution in [2.45, 2.75) is 6.43 Å². The Kier molecular flexibility index (Phi) is 2.55. The Bertz CT molecular complexity index is 480. The normalized spacial score (nSPS) is 10.9. The smallest absolute Gasteiger partial charge is 0.314 e. The number of hydrogen-bond donors (Lipinski definition) is 0. The third kappa shape index (κ3) is 1.91. The molecule has 15 heavy (non-hydrogen) atoms. The lowest BCUT2D eigenvalue weighted by Crippen LogP contribution is -1.81. The molecule has 0 radical (unpaired) electrons. The van der Waals surface area contributed by atoms with Crippen LogP contribution < -0.4 is 0 Å². The summed E-state index contributed by atoms with van der Waals surface area (Å²) in [5.74, 6) is -0.724. The van der Waals surface area contributed by atoms with Gasteiger partial charge in [0.05, 0.1) is 10.4 Å². The van der Waals surface area contributed by atoms with E-state index in [0.29, 0.717) is 16.7 Å². The first kappa shape index (κ1) is 9.91. The van der Waals surface area contributed by atoms with Crippen LogP contribution in [0.3, 0.4) is 0 Å². The summed E-state index contributed by atoms with van der Waals surface area (Å²) in [5.41, 5.74) is 0.474. The number of rotatable bonds is 3. The molecule has 0 bridgehead atoms. The molecule has 2 aromatic rings. The van der Waals surface area contributed by atoms with Gasteiger partial charge in [-0.1, -0.05) is 0 Å². The standard InChI is InChI=1S/C8H4F2N2O2S/c9-6(10)8-12-11-7(14-8)4-1-5(2-13)15-3-4/h1-3,6H. The van der Waals surface area contributed by atoms with Crippen molar-refractivity contribution in [2.75, 3.05) is 0 Å². The van der Waals surface area contributed by atoms with Crippen molar-refractivity contribution in [3.05, 3.63) is 22.2 Å². The lowest BCUT2D eigenvalue weighted by Gasteiger charge is -1.87. The maximum atomic E-state index is 12.1. The van der Waals surface area contributed by atoms with Crippen molar-refractivity contribution in [1.29, 1.82) is 0 Å². The molecule has 0 aliphatic carbocycles. The van der Waals surface area contributed by atoms with E-state index < -0.39 is 12.3 Å². The van der Waals surface area contributed by atoms with Gasteiger partial charge in [0.15, 0.2) is 6.29 Å². The van der Waals surface area contributed by atoms with Crippen molar-refractivity contribution in [3.8, 4) is 11.5 Å². The van der Waals surface area contributed by atoms with Crippen LogP contribution in [0.1, 0.15) is 22.0 Å². The van der Waals surface area contributed by atoms with E-state index in [0.717, 1.165) is 0 Å². The number of carbonyl (C=O) groups is 1. The Balaban J connectivity index is 2.32. The monoisotopic (exact) mass is 230 g/mol. The zero-order valence-electron chi connectivity index (χ0n) is 7.18. The predicted octanol–water partition coefficient (Wildman–Crippen LogP) is 2.55. The van der Waals surface area contributed by atoms with E-state index in [1.54, 1.807) is 5.38 Å². The van der Waals surface area contributed by atoms with Gasteiger partial charge in [-0.15, -0.1) is 21.5 Å². The lowest BCUT2D eigenvalue weighted by atomic mass is 10.3. The van der Waals surface area contributed by atoms with Crippen molar-refractivity contribution in [3.63, 3.8) is 0 Å². The fourth-order valence-corrected chi connectivity index (χ4v) is 1.65. The van der Waals surface area contributed by atoms with Crippen LogP contribution in [0.2, 0.25) is 0 Å². The number of aldehydes is 1. The molecule has 2 aromatic heterocycles. The summed E-state index contributed by atoms with van der Waals surface area (Å²) in [6.45, 7) is 0. The molecular formula is C8H4F2N2O2S. The Morgan fingerprint density at radius 1 is 1.47 bits per heavy atom. The summed E-state index contributed by atoms with van der Waals surface area (Å²) in [7, 11) is 0. The minimum atomic E-state index is -2.78. The van der Waals surface area contributed by atoms with Crippen LogP contribution in [-0.2, 0) is 0 Å². The van der Waals surface area contributed by atoms with Crippen LogP contribution in [0.15, 0.2) is 15.9 Å². The second kappa shape index (κ2) is 3.85. The van der Waals surface area contributed by atoms with E-state index in [-0.39, 0.29) is 5.89 Å². The Labute approximate surface area is 86.6 Å². The van der Waals surface area contributed by atoms with Crippen LogP contribution in [0.4, 0.5) is 8.78 Å². The van der Waals surface area contributed by atoms with E-state index in [4.69, 9.17) is 4.42 Å². The molecule has 2 rings (SSSR count). The topological polar surface area (TPSA) is 56.0 Å². The minimum absolute atomic E-state index is 0.00495. The molecule has 7 heteroatoms. The molecule has 0 unspecified atom stereocenters. The van der Waals surface area contributed by atoms with E-state index in [1.165, 1.54) is 17.4 Å². The van der Waals surface area contributed by atoms with E-state index in [2.05, 4.69) is 10.2 Å². The molecule has 2 heterocycles. The zero-order chi connectivity index (χ0) is 10.8. The molecule has 0 aliphatic rings. The van der Waals surface area contributed by atoms with Crippen LogP contribution >= 0.6 is 11.3 Å². The number of halogens is 2. The summed E-state index contributed by atoms with van der Waals surface area (Å²) in [6.07, 6.45) is -2.12. The van der Waals surface area contributed by atoms with Crippen molar-refractivity contribution in [2.24, 2.45) is 0 Å². The number of aromatic nitrogens is 2. The fourth-order valence-electron chi connectivity index (χ4n) is 0.966. The van der Waals surface area contributed by atoms with Crippen molar-refractivity contribution < 1.29 is 18.0 Å². The number of thiophene rings is 1. The third-order valence-electron chi connectivity index (χ3n) is 1.61. The maximum absolute atomic E-state index is 12.1. The Morgan fingerprint density at radius 2 is 2.27 bits per heavy atom. The van der Waals surface area contributed by atoms with E-state index in [1.807, 2.05) is 0 Å². The molecule has 0 saturated heterocycles. The molecule has 4 nitrogen and oxygen atoms in total. The molecule has 0 aromatic carbocycles. The van der Waals surface area contributed by atoms with Crippen LogP contribution in [0.5, 0.6) is 0 Å². The molecule has 0 fully saturated rings. The second-order valence-corrected chi connectivity index (χ2v) is 3.54. The van der Waals surface area contributed by atoms with Crippen molar-refractivity contribution >= 4 is 17.6 Å². The highest BCUT2D eigenvalue weighted by Gasteiger charge is 2.17. The number of carbonyl (C=O) groups excluding carboxylic acids is 1. The first-order valence-electron chi connectivity index (χ1n) is 3.86. The Hall–Kier alpha value is -1.63. The van der Waals surface area contributed by atoms with Crippen LogP contribution in [0.25, 0.3) is 11.5 Å². The van der Waals surface area contributed by atoms with Gasteiger partial charge in [0.2, 0.25) is 5.89 Å². The molecule has 0 aliphatic heterocycles. The fraction of sp³-hybridized carbons (Fsp3) is 0.125. The van der Waals surface area contributed by atoms with Crippen LogP contribution in [0, 0.1) is 0 Å². The zero-order valence-corrected chi connectivity index (χ0v) is 8.00. The summed E-state index contributed by atoms with van der Waals surface area (Å²) in [5, 5.41) is 8.22. The van der Waals surface area contributed by atoms with Gasteiger partial charge in [-0.3, -0.25) is 4.79 Å². The summed E-state index contributed by atoms with van der Waals surface area (Å²) >= 11 is 1.18. The molecule has 0 spiro atoms. The highest BCUT2D eigenvalue weighted by molar-refractivity contribution is 7.12. The quantitative estimate of drug-likeness (QED) is 0.760. The first-order chi connectivity index (χ1) is 7.20. The van der Waals surface area contributed by atoms with E-state index >= 15 is 0 Å². The summed E-state index contributed by atoms with van der Waals surface area (Å²) < 4.78 is 28.9.